The lowest BCUT2D eigenvalue weighted by Crippen LogP contribution is -2.11. The van der Waals surface area contributed by atoms with Crippen molar-refractivity contribution < 1.29 is 4.74 Å². The molecule has 1 aromatic carbocycles. The molecule has 0 spiro atoms. The molecule has 3 N–H and O–H groups in total. The van der Waals surface area contributed by atoms with Crippen LogP contribution in [0, 0.1) is 5.92 Å². The summed E-state index contributed by atoms with van der Waals surface area (Å²) in [5, 5.41) is 4.40. The minimum atomic E-state index is 0.483. The molecule has 5 rings (SSSR count). The largest absolute Gasteiger partial charge is 0.493 e. The number of anilines is 1. The highest BCUT2D eigenvalue weighted by Gasteiger charge is 2.21. The maximum Gasteiger partial charge on any atom is 0.174 e. The van der Waals surface area contributed by atoms with E-state index in [0.29, 0.717) is 5.82 Å². The summed E-state index contributed by atoms with van der Waals surface area (Å²) in [6.45, 7) is 3.90. The Morgan fingerprint density at radius 1 is 1.39 bits per heavy atom. The predicted molar refractivity (Wildman–Crippen MR) is 115 cm³/mol. The molecular weight excluding hydrogens is 438 g/mol. The Morgan fingerprint density at radius 3 is 3.18 bits per heavy atom. The summed E-state index contributed by atoms with van der Waals surface area (Å²) >= 11 is 5.37. The quantitative estimate of drug-likeness (QED) is 0.602. The zero-order valence-electron chi connectivity index (χ0n) is 15.4. The molecule has 0 aliphatic carbocycles. The van der Waals surface area contributed by atoms with Crippen LogP contribution in [-0.4, -0.2) is 34.2 Å². The van der Waals surface area contributed by atoms with E-state index in [1.807, 2.05) is 6.07 Å². The molecule has 1 atom stereocenters. The third-order valence-electron chi connectivity index (χ3n) is 5.53. The predicted octanol–water partition coefficient (Wildman–Crippen LogP) is 3.86. The molecule has 0 radical (unpaired) electrons. The molecular formula is C20H22BrN5OS. The number of aromatic nitrogens is 3. The highest BCUT2D eigenvalue weighted by Crippen LogP contribution is 2.40. The van der Waals surface area contributed by atoms with Crippen molar-refractivity contribution in [2.75, 3.05) is 25.4 Å². The van der Waals surface area contributed by atoms with Crippen molar-refractivity contribution in [3.63, 3.8) is 0 Å². The van der Waals surface area contributed by atoms with Crippen molar-refractivity contribution in [1.29, 1.82) is 0 Å². The van der Waals surface area contributed by atoms with E-state index in [1.165, 1.54) is 12.0 Å². The number of ether oxygens (including phenoxy) is 1. The maximum absolute atomic E-state index is 6.12. The van der Waals surface area contributed by atoms with Gasteiger partial charge in [-0.1, -0.05) is 11.8 Å². The number of hydrogen-bond donors (Lipinski definition) is 2. The molecule has 6 nitrogen and oxygen atoms in total. The lowest BCUT2D eigenvalue weighted by atomic mass is 10.1. The number of halogens is 1. The number of nitrogens with two attached hydrogens (primary N) is 1. The van der Waals surface area contributed by atoms with E-state index in [1.54, 1.807) is 18.0 Å². The average molecular weight is 460 g/mol. The molecule has 146 valence electrons. The average Bonchev–Trinajstić information content (AvgIpc) is 3.41. The number of nitrogens with zero attached hydrogens (tertiary/aromatic N) is 3. The van der Waals surface area contributed by atoms with Crippen molar-refractivity contribution in [3.05, 3.63) is 34.4 Å². The van der Waals surface area contributed by atoms with Gasteiger partial charge in [-0.25, -0.2) is 9.97 Å². The summed E-state index contributed by atoms with van der Waals surface area (Å²) < 4.78 is 9.12. The van der Waals surface area contributed by atoms with Gasteiger partial charge in [0.1, 0.15) is 11.3 Å². The van der Waals surface area contributed by atoms with Gasteiger partial charge in [-0.05, 0) is 71.5 Å². The molecule has 8 heteroatoms. The van der Waals surface area contributed by atoms with Crippen LogP contribution in [-0.2, 0) is 13.0 Å². The maximum atomic E-state index is 6.12. The molecule has 1 unspecified atom stereocenters. The Hall–Kier alpha value is -1.77. The number of imidazole rings is 1. The number of aryl methyl sites for hydroxylation is 1. The standard InChI is InChI=1S/C20H22BrN5OS/c21-14-9-13-4-8-27-16(13)10-17(14)28-20-25-18-15(2-6-24-19(18)22)26(20)7-3-12-1-5-23-11-12/h2,6,9-10,12,23H,1,3-5,7-8,11H2,(H2,22,24). The smallest absolute Gasteiger partial charge is 0.174 e. The molecule has 2 aromatic heterocycles. The van der Waals surface area contributed by atoms with Gasteiger partial charge in [0.05, 0.1) is 12.1 Å². The lowest BCUT2D eigenvalue weighted by Gasteiger charge is -2.13. The molecule has 3 aromatic rings. The molecule has 4 heterocycles. The van der Waals surface area contributed by atoms with Crippen molar-refractivity contribution >= 4 is 44.5 Å². The number of pyridine rings is 1. The summed E-state index contributed by atoms with van der Waals surface area (Å²) in [5.41, 5.74) is 9.21. The Kier molecular flexibility index (Phi) is 4.94. The van der Waals surface area contributed by atoms with Crippen molar-refractivity contribution in [3.8, 4) is 5.75 Å². The van der Waals surface area contributed by atoms with Crippen LogP contribution in [0.15, 0.2) is 38.9 Å². The van der Waals surface area contributed by atoms with Crippen LogP contribution < -0.4 is 15.8 Å². The second-order valence-electron chi connectivity index (χ2n) is 7.35. The fourth-order valence-electron chi connectivity index (χ4n) is 3.97. The summed E-state index contributed by atoms with van der Waals surface area (Å²) in [4.78, 5) is 10.2. The molecule has 1 saturated heterocycles. The Balaban J connectivity index is 1.51. The molecule has 2 aliphatic heterocycles. The van der Waals surface area contributed by atoms with Crippen LogP contribution in [0.2, 0.25) is 0 Å². The van der Waals surface area contributed by atoms with E-state index in [-0.39, 0.29) is 0 Å². The number of fused-ring (bicyclic) bond motifs is 2. The fraction of sp³-hybridized carbons (Fsp3) is 0.400. The third kappa shape index (κ3) is 3.38. The molecule has 0 saturated carbocycles. The van der Waals surface area contributed by atoms with E-state index < -0.39 is 0 Å². The highest BCUT2D eigenvalue weighted by molar-refractivity contribution is 9.10. The molecule has 1 fully saturated rings. The van der Waals surface area contributed by atoms with Gasteiger partial charge >= 0.3 is 0 Å². The zero-order chi connectivity index (χ0) is 19.1. The third-order valence-corrected chi connectivity index (χ3v) is 7.50. The number of benzene rings is 1. The van der Waals surface area contributed by atoms with Gasteiger partial charge in [-0.3, -0.25) is 0 Å². The van der Waals surface area contributed by atoms with Crippen LogP contribution in [0.3, 0.4) is 0 Å². The Labute approximate surface area is 176 Å². The van der Waals surface area contributed by atoms with Gasteiger partial charge in [0.15, 0.2) is 11.0 Å². The van der Waals surface area contributed by atoms with E-state index >= 15 is 0 Å². The van der Waals surface area contributed by atoms with Crippen LogP contribution >= 0.6 is 27.7 Å². The van der Waals surface area contributed by atoms with Crippen LogP contribution in [0.4, 0.5) is 5.82 Å². The Morgan fingerprint density at radius 2 is 2.32 bits per heavy atom. The SMILES string of the molecule is Nc1nccc2c1nc(Sc1cc3c(cc1Br)CCO3)n2CCC1CCNC1. The zero-order valence-corrected chi connectivity index (χ0v) is 17.9. The first-order valence-corrected chi connectivity index (χ1v) is 11.2. The van der Waals surface area contributed by atoms with Crippen LogP contribution in [0.25, 0.3) is 11.0 Å². The molecule has 2 aliphatic rings. The van der Waals surface area contributed by atoms with Gasteiger partial charge in [0.25, 0.3) is 0 Å². The Bertz CT molecular complexity index is 1030. The number of hydrogen-bond acceptors (Lipinski definition) is 6. The normalized spacial score (nSPS) is 18.5. The van der Waals surface area contributed by atoms with Crippen molar-refractivity contribution in [1.82, 2.24) is 19.9 Å². The first kappa shape index (κ1) is 18.3. The van der Waals surface area contributed by atoms with Crippen LogP contribution in [0.1, 0.15) is 18.4 Å². The number of nitrogen functional groups attached to an aromatic ring is 1. The van der Waals surface area contributed by atoms with Gasteiger partial charge in [-0.15, -0.1) is 0 Å². The van der Waals surface area contributed by atoms with E-state index in [2.05, 4.69) is 42.9 Å². The summed E-state index contributed by atoms with van der Waals surface area (Å²) in [7, 11) is 0. The van der Waals surface area contributed by atoms with E-state index in [9.17, 15) is 0 Å². The summed E-state index contributed by atoms with van der Waals surface area (Å²) in [5.74, 6) is 2.18. The topological polar surface area (TPSA) is 78.0 Å². The van der Waals surface area contributed by atoms with E-state index in [0.717, 1.165) is 76.3 Å². The molecule has 0 amide bonds. The summed E-state index contributed by atoms with van der Waals surface area (Å²) in [6, 6.07) is 6.29. The summed E-state index contributed by atoms with van der Waals surface area (Å²) in [6.07, 6.45) is 5.10. The van der Waals surface area contributed by atoms with Gasteiger partial charge in [0, 0.05) is 28.5 Å². The van der Waals surface area contributed by atoms with Gasteiger partial charge in [-0.2, -0.15) is 0 Å². The lowest BCUT2D eigenvalue weighted by molar-refractivity contribution is 0.356. The van der Waals surface area contributed by atoms with Gasteiger partial charge in [0.2, 0.25) is 0 Å². The highest BCUT2D eigenvalue weighted by atomic mass is 79.9. The molecule has 0 bridgehead atoms. The number of rotatable bonds is 5. The van der Waals surface area contributed by atoms with E-state index in [4.69, 9.17) is 15.5 Å². The minimum Gasteiger partial charge on any atom is -0.493 e. The monoisotopic (exact) mass is 459 g/mol. The van der Waals surface area contributed by atoms with Crippen molar-refractivity contribution in [2.24, 2.45) is 5.92 Å². The first-order chi connectivity index (χ1) is 13.7. The van der Waals surface area contributed by atoms with Gasteiger partial charge < -0.3 is 20.4 Å². The fourth-order valence-corrected chi connectivity index (χ4v) is 5.56. The number of nitrogens with one attached hydrogen (secondary N) is 1. The minimum absolute atomic E-state index is 0.483. The van der Waals surface area contributed by atoms with Crippen molar-refractivity contribution in [2.45, 2.75) is 35.9 Å². The molecule has 28 heavy (non-hydrogen) atoms. The van der Waals surface area contributed by atoms with Crippen LogP contribution in [0.5, 0.6) is 5.75 Å². The second-order valence-corrected chi connectivity index (χ2v) is 9.21. The first-order valence-electron chi connectivity index (χ1n) is 9.63. The second kappa shape index (κ2) is 7.57.